The third kappa shape index (κ3) is 6.70. The fourth-order valence-corrected chi connectivity index (χ4v) is 0.389. The van der Waals surface area contributed by atoms with Crippen LogP contribution in [0.4, 0.5) is 4.79 Å². The van der Waals surface area contributed by atoms with Gasteiger partial charge in [-0.1, -0.05) is 6.58 Å². The standard InChI is InChI=1S/C7H13NO3/c1-5-10-8-6(9)11-7(2,3)4/h5H,1H2,2-4H3,(H,8,9). The van der Waals surface area contributed by atoms with E-state index in [0.717, 1.165) is 6.26 Å². The lowest BCUT2D eigenvalue weighted by Crippen LogP contribution is -2.31. The quantitative estimate of drug-likeness (QED) is 0.491. The van der Waals surface area contributed by atoms with Crippen LogP contribution in [-0.4, -0.2) is 11.7 Å². The van der Waals surface area contributed by atoms with Gasteiger partial charge in [-0.3, -0.25) is 0 Å². The van der Waals surface area contributed by atoms with E-state index in [9.17, 15) is 4.79 Å². The van der Waals surface area contributed by atoms with Crippen molar-refractivity contribution in [3.63, 3.8) is 0 Å². The van der Waals surface area contributed by atoms with Crippen LogP contribution >= 0.6 is 0 Å². The first-order valence-corrected chi connectivity index (χ1v) is 3.21. The fraction of sp³-hybridized carbons (Fsp3) is 0.571. The van der Waals surface area contributed by atoms with Crippen LogP contribution in [0.3, 0.4) is 0 Å². The Hall–Kier alpha value is -1.19. The third-order valence-corrected chi connectivity index (χ3v) is 0.624. The van der Waals surface area contributed by atoms with Crippen molar-refractivity contribution in [3.05, 3.63) is 12.8 Å². The van der Waals surface area contributed by atoms with E-state index in [1.54, 1.807) is 20.8 Å². The minimum absolute atomic E-state index is 0.505. The molecule has 0 aromatic carbocycles. The molecule has 0 radical (unpaired) electrons. The predicted octanol–water partition coefficient (Wildman–Crippen LogP) is 1.59. The van der Waals surface area contributed by atoms with Gasteiger partial charge < -0.3 is 9.57 Å². The second kappa shape index (κ2) is 3.85. The zero-order valence-electron chi connectivity index (χ0n) is 7.01. The van der Waals surface area contributed by atoms with Crippen molar-refractivity contribution in [2.45, 2.75) is 26.4 Å². The highest BCUT2D eigenvalue weighted by molar-refractivity contribution is 5.66. The molecule has 1 amide bonds. The summed E-state index contributed by atoms with van der Waals surface area (Å²) in [6.45, 7) is 8.53. The Kier molecular flexibility index (Phi) is 3.44. The van der Waals surface area contributed by atoms with E-state index in [1.807, 2.05) is 5.48 Å². The maximum atomic E-state index is 10.7. The van der Waals surface area contributed by atoms with Gasteiger partial charge >= 0.3 is 6.09 Å². The number of amides is 1. The number of hydrogen-bond donors (Lipinski definition) is 1. The SMILES string of the molecule is C=CONC(=O)OC(C)(C)C. The zero-order valence-corrected chi connectivity index (χ0v) is 7.01. The Bertz CT molecular complexity index is 148. The average molecular weight is 159 g/mol. The molecule has 0 aliphatic heterocycles. The van der Waals surface area contributed by atoms with Gasteiger partial charge in [0.25, 0.3) is 0 Å². The van der Waals surface area contributed by atoms with E-state index in [1.165, 1.54) is 0 Å². The van der Waals surface area contributed by atoms with Gasteiger partial charge in [0, 0.05) is 0 Å². The van der Waals surface area contributed by atoms with E-state index >= 15 is 0 Å². The van der Waals surface area contributed by atoms with Crippen molar-refractivity contribution in [1.82, 2.24) is 5.48 Å². The molecule has 0 heterocycles. The van der Waals surface area contributed by atoms with Crippen molar-refractivity contribution in [2.75, 3.05) is 0 Å². The minimum atomic E-state index is -0.627. The van der Waals surface area contributed by atoms with E-state index in [-0.39, 0.29) is 0 Å². The highest BCUT2D eigenvalue weighted by Crippen LogP contribution is 2.05. The van der Waals surface area contributed by atoms with E-state index in [4.69, 9.17) is 4.74 Å². The molecule has 0 spiro atoms. The molecular formula is C7H13NO3. The van der Waals surface area contributed by atoms with Crippen LogP contribution in [0, 0.1) is 0 Å². The summed E-state index contributed by atoms with van der Waals surface area (Å²) in [7, 11) is 0. The summed E-state index contributed by atoms with van der Waals surface area (Å²) in [5.41, 5.74) is 1.50. The first-order chi connectivity index (χ1) is 4.95. The molecule has 0 aliphatic carbocycles. The van der Waals surface area contributed by atoms with E-state index in [2.05, 4.69) is 11.4 Å². The van der Waals surface area contributed by atoms with Crippen molar-refractivity contribution < 1.29 is 14.4 Å². The fourth-order valence-electron chi connectivity index (χ4n) is 0.389. The third-order valence-electron chi connectivity index (χ3n) is 0.624. The van der Waals surface area contributed by atoms with E-state index in [0.29, 0.717) is 0 Å². The zero-order chi connectivity index (χ0) is 8.91. The van der Waals surface area contributed by atoms with Crippen LogP contribution in [0.25, 0.3) is 0 Å². The molecule has 0 fully saturated rings. The summed E-state index contributed by atoms with van der Waals surface area (Å²) in [6.07, 6.45) is 0.474. The number of hydroxylamine groups is 1. The largest absolute Gasteiger partial charge is 0.442 e. The second-order valence-electron chi connectivity index (χ2n) is 2.89. The molecule has 0 atom stereocenters. The monoisotopic (exact) mass is 159 g/mol. The van der Waals surface area contributed by atoms with Crippen LogP contribution in [0.5, 0.6) is 0 Å². The Morgan fingerprint density at radius 3 is 2.45 bits per heavy atom. The number of carbonyl (C=O) groups is 1. The Morgan fingerprint density at radius 2 is 2.09 bits per heavy atom. The molecule has 0 rings (SSSR count). The lowest BCUT2D eigenvalue weighted by Gasteiger charge is -2.18. The van der Waals surface area contributed by atoms with Crippen molar-refractivity contribution in [1.29, 1.82) is 0 Å². The molecule has 0 aliphatic rings. The van der Waals surface area contributed by atoms with Crippen molar-refractivity contribution in [2.24, 2.45) is 0 Å². The molecular weight excluding hydrogens is 146 g/mol. The van der Waals surface area contributed by atoms with Crippen LogP contribution in [0.1, 0.15) is 20.8 Å². The topological polar surface area (TPSA) is 47.6 Å². The molecule has 64 valence electrons. The van der Waals surface area contributed by atoms with Crippen molar-refractivity contribution >= 4 is 6.09 Å². The number of rotatable bonds is 2. The number of nitrogens with one attached hydrogen (secondary N) is 1. The van der Waals surface area contributed by atoms with Gasteiger partial charge in [-0.2, -0.15) is 5.48 Å². The first-order valence-electron chi connectivity index (χ1n) is 3.21. The highest BCUT2D eigenvalue weighted by Gasteiger charge is 2.15. The summed E-state index contributed by atoms with van der Waals surface area (Å²) >= 11 is 0. The van der Waals surface area contributed by atoms with E-state index < -0.39 is 11.7 Å². The van der Waals surface area contributed by atoms with Gasteiger partial charge in [0.1, 0.15) is 11.9 Å². The normalized spacial score (nSPS) is 10.1. The molecule has 0 bridgehead atoms. The van der Waals surface area contributed by atoms with Gasteiger partial charge in [-0.05, 0) is 20.8 Å². The molecule has 0 saturated heterocycles. The van der Waals surface area contributed by atoms with Crippen molar-refractivity contribution in [3.8, 4) is 0 Å². The first kappa shape index (κ1) is 9.81. The minimum Gasteiger partial charge on any atom is -0.442 e. The summed E-state index contributed by atoms with van der Waals surface area (Å²) < 4.78 is 4.82. The Labute approximate surface area is 66.1 Å². The molecule has 4 heteroatoms. The summed E-state index contributed by atoms with van der Waals surface area (Å²) in [5, 5.41) is 0. The van der Waals surface area contributed by atoms with Crippen LogP contribution in [0.2, 0.25) is 0 Å². The summed E-state index contributed by atoms with van der Waals surface area (Å²) in [5.74, 6) is 0. The maximum absolute atomic E-state index is 10.7. The maximum Gasteiger partial charge on any atom is 0.441 e. The average Bonchev–Trinajstić information content (AvgIpc) is 1.79. The van der Waals surface area contributed by atoms with Crippen LogP contribution in [0.15, 0.2) is 12.8 Å². The molecule has 1 N–H and O–H groups in total. The summed E-state index contributed by atoms with van der Waals surface area (Å²) in [6, 6.07) is 0. The van der Waals surface area contributed by atoms with Gasteiger partial charge in [-0.15, -0.1) is 0 Å². The van der Waals surface area contributed by atoms with Crippen LogP contribution in [-0.2, 0) is 9.57 Å². The molecule has 11 heavy (non-hydrogen) atoms. The lowest BCUT2D eigenvalue weighted by molar-refractivity contribution is 0.0188. The van der Waals surface area contributed by atoms with Gasteiger partial charge in [0.05, 0.1) is 0 Å². The number of hydrogen-bond acceptors (Lipinski definition) is 3. The predicted molar refractivity (Wildman–Crippen MR) is 40.7 cm³/mol. The van der Waals surface area contributed by atoms with Gasteiger partial charge in [0.15, 0.2) is 0 Å². The molecule has 0 aromatic rings. The smallest absolute Gasteiger partial charge is 0.441 e. The summed E-state index contributed by atoms with van der Waals surface area (Å²) in [4.78, 5) is 15.1. The number of ether oxygens (including phenoxy) is 1. The number of carbonyl (C=O) groups excluding carboxylic acids is 1. The Balaban J connectivity index is 3.61. The Morgan fingerprint density at radius 1 is 1.55 bits per heavy atom. The second-order valence-corrected chi connectivity index (χ2v) is 2.89. The molecule has 0 unspecified atom stereocenters. The molecule has 4 nitrogen and oxygen atoms in total. The highest BCUT2D eigenvalue weighted by atomic mass is 16.7. The molecule has 0 aromatic heterocycles. The van der Waals surface area contributed by atoms with Gasteiger partial charge in [-0.25, -0.2) is 4.79 Å². The van der Waals surface area contributed by atoms with Gasteiger partial charge in [0.2, 0.25) is 0 Å². The molecule has 0 saturated carbocycles. The lowest BCUT2D eigenvalue weighted by atomic mass is 10.2. The van der Waals surface area contributed by atoms with Crippen LogP contribution < -0.4 is 5.48 Å².